The third kappa shape index (κ3) is 5.09. The van der Waals surface area contributed by atoms with Crippen molar-refractivity contribution in [3.8, 4) is 0 Å². The molecule has 1 rings (SSSR count). The third-order valence-corrected chi connectivity index (χ3v) is 3.38. The summed E-state index contributed by atoms with van der Waals surface area (Å²) < 4.78 is 44.6. The lowest BCUT2D eigenvalue weighted by Gasteiger charge is -2.33. The van der Waals surface area contributed by atoms with Gasteiger partial charge in [-0.15, -0.1) is 0 Å². The summed E-state index contributed by atoms with van der Waals surface area (Å²) in [6.07, 6.45) is -3.22. The minimum atomic E-state index is -5.02. The average Bonchev–Trinajstić information content (AvgIpc) is 2.71. The quantitative estimate of drug-likeness (QED) is 0.764. The number of nitrogens with zero attached hydrogens (tertiary/aromatic N) is 2. The molecule has 0 saturated heterocycles. The van der Waals surface area contributed by atoms with Gasteiger partial charge in [0, 0.05) is 12.1 Å². The number of halogens is 3. The number of hydrogen-bond acceptors (Lipinski definition) is 4. The summed E-state index contributed by atoms with van der Waals surface area (Å²) in [5.41, 5.74) is -4.16. The molecule has 1 aliphatic heterocycles. The second-order valence-corrected chi connectivity index (χ2v) is 6.76. The molecular weight excluding hydrogens is 313 g/mol. The van der Waals surface area contributed by atoms with Gasteiger partial charge in [0.2, 0.25) is 0 Å². The average molecular weight is 338 g/mol. The molecule has 0 aromatic rings. The van der Waals surface area contributed by atoms with E-state index in [4.69, 9.17) is 4.74 Å². The van der Waals surface area contributed by atoms with Crippen LogP contribution in [0.25, 0.3) is 0 Å². The number of unbranched alkanes of at least 4 members (excludes halogenated alkanes) is 3. The maximum absolute atomic E-state index is 13.2. The van der Waals surface area contributed by atoms with Gasteiger partial charge in [0.15, 0.2) is 0 Å². The molecule has 1 heterocycles. The molecule has 0 fully saturated rings. The highest BCUT2D eigenvalue weighted by molar-refractivity contribution is 5.89. The first-order chi connectivity index (χ1) is 10.4. The van der Waals surface area contributed by atoms with Crippen molar-refractivity contribution in [2.45, 2.75) is 83.7 Å². The summed E-state index contributed by atoms with van der Waals surface area (Å²) in [6.45, 7) is 6.62. The van der Waals surface area contributed by atoms with Crippen LogP contribution in [0.1, 0.15) is 66.2 Å². The first-order valence-corrected chi connectivity index (χ1v) is 7.79. The highest BCUT2D eigenvalue weighted by Crippen LogP contribution is 2.41. The Bertz CT molecular complexity index is 458. The summed E-state index contributed by atoms with van der Waals surface area (Å²) in [7, 11) is 0. The number of hydrogen-bond donors (Lipinski definition) is 1. The Morgan fingerprint density at radius 3 is 2.39 bits per heavy atom. The highest BCUT2D eigenvalue weighted by atomic mass is 19.4. The molecule has 1 atom stereocenters. The predicted molar refractivity (Wildman–Crippen MR) is 79.9 cm³/mol. The Hall–Kier alpha value is -1.31. The number of carbonyl (C=O) groups excluding carboxylic acids is 1. The lowest BCUT2D eigenvalue weighted by atomic mass is 10.0. The number of alkyl halides is 3. The van der Waals surface area contributed by atoms with E-state index in [0.717, 1.165) is 19.3 Å². The molecule has 0 aromatic carbocycles. The zero-order valence-electron chi connectivity index (χ0n) is 14.0. The molecule has 0 unspecified atom stereocenters. The summed E-state index contributed by atoms with van der Waals surface area (Å²) in [4.78, 5) is 12.0. The largest absolute Gasteiger partial charge is 0.442 e. The SMILES string of the molecule is CCCCCCC1=NN(C(=O)OC(C)(C)C)[C@](O)(C(F)(F)F)C1. The fourth-order valence-corrected chi connectivity index (χ4v) is 2.23. The first-order valence-electron chi connectivity index (χ1n) is 7.79. The van der Waals surface area contributed by atoms with E-state index in [9.17, 15) is 23.1 Å². The number of carbonyl (C=O) groups is 1. The number of ether oxygens (including phenoxy) is 1. The van der Waals surface area contributed by atoms with Crippen molar-refractivity contribution in [2.75, 3.05) is 0 Å². The standard InChI is InChI=1S/C15H25F3N2O3/c1-5-6-7-8-9-11-10-14(22,15(16,17)18)20(19-11)12(21)23-13(2,3)4/h22H,5-10H2,1-4H3/t14-/m1/s1. The molecule has 0 aromatic heterocycles. The van der Waals surface area contributed by atoms with Gasteiger partial charge in [0.25, 0.3) is 5.72 Å². The van der Waals surface area contributed by atoms with Gasteiger partial charge in [-0.25, -0.2) is 4.79 Å². The number of aliphatic hydroxyl groups is 1. The molecule has 134 valence electrons. The van der Waals surface area contributed by atoms with Crippen LogP contribution < -0.4 is 0 Å². The summed E-state index contributed by atoms with van der Waals surface area (Å²) in [5, 5.41) is 13.7. The minimum Gasteiger partial charge on any atom is -0.442 e. The van der Waals surface area contributed by atoms with Crippen LogP contribution in [0, 0.1) is 0 Å². The third-order valence-electron chi connectivity index (χ3n) is 3.38. The number of hydrazone groups is 1. The Morgan fingerprint density at radius 2 is 1.91 bits per heavy atom. The van der Waals surface area contributed by atoms with Gasteiger partial charge in [-0.1, -0.05) is 26.2 Å². The van der Waals surface area contributed by atoms with Crippen LogP contribution in [0.5, 0.6) is 0 Å². The normalized spacial score (nSPS) is 22.3. The topological polar surface area (TPSA) is 62.1 Å². The fourth-order valence-electron chi connectivity index (χ4n) is 2.23. The van der Waals surface area contributed by atoms with Crippen molar-refractivity contribution < 1.29 is 27.8 Å². The van der Waals surface area contributed by atoms with Crippen LogP contribution in [0.2, 0.25) is 0 Å². The van der Waals surface area contributed by atoms with E-state index in [1.54, 1.807) is 0 Å². The van der Waals surface area contributed by atoms with Crippen LogP contribution in [0.4, 0.5) is 18.0 Å². The first kappa shape index (κ1) is 19.7. The van der Waals surface area contributed by atoms with E-state index >= 15 is 0 Å². The van der Waals surface area contributed by atoms with E-state index in [1.807, 2.05) is 6.92 Å². The van der Waals surface area contributed by atoms with E-state index in [2.05, 4.69) is 5.10 Å². The van der Waals surface area contributed by atoms with Gasteiger partial charge in [-0.2, -0.15) is 23.3 Å². The molecule has 0 radical (unpaired) electrons. The Balaban J connectivity index is 2.90. The van der Waals surface area contributed by atoms with E-state index in [1.165, 1.54) is 20.8 Å². The van der Waals surface area contributed by atoms with Crippen molar-refractivity contribution in [1.82, 2.24) is 5.01 Å². The molecule has 0 spiro atoms. The van der Waals surface area contributed by atoms with Gasteiger partial charge < -0.3 is 9.84 Å². The van der Waals surface area contributed by atoms with Crippen molar-refractivity contribution in [3.05, 3.63) is 0 Å². The zero-order valence-corrected chi connectivity index (χ0v) is 14.0. The Kier molecular flexibility index (Phi) is 6.06. The van der Waals surface area contributed by atoms with E-state index in [-0.39, 0.29) is 10.7 Å². The molecule has 1 N–H and O–H groups in total. The van der Waals surface area contributed by atoms with Crippen molar-refractivity contribution >= 4 is 11.8 Å². The zero-order chi connectivity index (χ0) is 17.9. The van der Waals surface area contributed by atoms with Gasteiger partial charge in [0.05, 0.1) is 0 Å². The van der Waals surface area contributed by atoms with Crippen LogP contribution in [-0.2, 0) is 4.74 Å². The second kappa shape index (κ2) is 7.07. The van der Waals surface area contributed by atoms with E-state index < -0.39 is 30.0 Å². The molecule has 5 nitrogen and oxygen atoms in total. The molecule has 8 heteroatoms. The van der Waals surface area contributed by atoms with Crippen molar-refractivity contribution in [1.29, 1.82) is 0 Å². The maximum Gasteiger partial charge on any atom is 0.439 e. The molecule has 0 saturated carbocycles. The molecule has 1 aliphatic rings. The lowest BCUT2D eigenvalue weighted by Crippen LogP contribution is -2.57. The molecule has 0 aliphatic carbocycles. The van der Waals surface area contributed by atoms with Crippen molar-refractivity contribution in [3.63, 3.8) is 0 Å². The van der Waals surface area contributed by atoms with Gasteiger partial charge in [-0.05, 0) is 33.6 Å². The number of amides is 1. The molecular formula is C15H25F3N2O3. The predicted octanol–water partition coefficient (Wildman–Crippen LogP) is 4.20. The summed E-state index contributed by atoms with van der Waals surface area (Å²) in [5.74, 6) is 0. The van der Waals surface area contributed by atoms with Crippen LogP contribution >= 0.6 is 0 Å². The Labute approximate surface area is 134 Å². The summed E-state index contributed by atoms with van der Waals surface area (Å²) >= 11 is 0. The monoisotopic (exact) mass is 338 g/mol. The highest BCUT2D eigenvalue weighted by Gasteiger charge is 2.63. The van der Waals surface area contributed by atoms with Crippen LogP contribution in [-0.4, -0.2) is 39.4 Å². The molecule has 23 heavy (non-hydrogen) atoms. The molecule has 0 bridgehead atoms. The van der Waals surface area contributed by atoms with Crippen LogP contribution in [0.15, 0.2) is 5.10 Å². The second-order valence-electron chi connectivity index (χ2n) is 6.76. The van der Waals surface area contributed by atoms with Crippen LogP contribution in [0.3, 0.4) is 0 Å². The lowest BCUT2D eigenvalue weighted by molar-refractivity contribution is -0.300. The Morgan fingerprint density at radius 1 is 1.30 bits per heavy atom. The van der Waals surface area contributed by atoms with Gasteiger partial charge >= 0.3 is 12.3 Å². The maximum atomic E-state index is 13.2. The number of rotatable bonds is 5. The molecule has 1 amide bonds. The fraction of sp³-hybridized carbons (Fsp3) is 0.867. The van der Waals surface area contributed by atoms with E-state index in [0.29, 0.717) is 12.8 Å². The smallest absolute Gasteiger partial charge is 0.439 e. The van der Waals surface area contributed by atoms with Gasteiger partial charge in [-0.3, -0.25) is 0 Å². The minimum absolute atomic E-state index is 0.0351. The summed E-state index contributed by atoms with van der Waals surface area (Å²) in [6, 6.07) is 0. The van der Waals surface area contributed by atoms with Crippen molar-refractivity contribution in [2.24, 2.45) is 5.10 Å². The van der Waals surface area contributed by atoms with Gasteiger partial charge in [0.1, 0.15) is 5.60 Å².